The highest BCUT2D eigenvalue weighted by atomic mass is 32.2. The van der Waals surface area contributed by atoms with Gasteiger partial charge in [0, 0.05) is 24.6 Å². The van der Waals surface area contributed by atoms with Gasteiger partial charge in [-0.1, -0.05) is 24.3 Å². The van der Waals surface area contributed by atoms with Gasteiger partial charge in [-0.3, -0.25) is 0 Å². The Bertz CT molecular complexity index is 334. The van der Waals surface area contributed by atoms with Crippen molar-refractivity contribution in [3.05, 3.63) is 47.5 Å². The topological polar surface area (TPSA) is 12.0 Å². The predicted octanol–water partition coefficient (Wildman–Crippen LogP) is 3.31. The van der Waals surface area contributed by atoms with Crippen molar-refractivity contribution in [3.8, 4) is 0 Å². The fourth-order valence-corrected chi connectivity index (χ4v) is 2.16. The maximum Gasteiger partial charge on any atom is 0.0208 e. The van der Waals surface area contributed by atoms with Crippen molar-refractivity contribution < 1.29 is 0 Å². The summed E-state index contributed by atoms with van der Waals surface area (Å²) in [5.41, 5.74) is 4.20. The van der Waals surface area contributed by atoms with Gasteiger partial charge in [0.2, 0.25) is 0 Å². The third-order valence-electron chi connectivity index (χ3n) is 2.69. The molecule has 0 aliphatic carbocycles. The predicted molar refractivity (Wildman–Crippen MR) is 75.1 cm³/mol. The molecule has 1 N–H and O–H groups in total. The first kappa shape index (κ1) is 13.3. The molecule has 0 saturated heterocycles. The quantitative estimate of drug-likeness (QED) is 0.575. The molecule has 0 aliphatic rings. The van der Waals surface area contributed by atoms with E-state index in [9.17, 15) is 0 Å². The number of hydrogen-bond donors (Lipinski definition) is 1. The number of thioether (sulfide) groups is 1. The van der Waals surface area contributed by atoms with Crippen molar-refractivity contribution in [2.45, 2.75) is 20.4 Å². The van der Waals surface area contributed by atoms with Crippen LogP contribution in [-0.4, -0.2) is 18.1 Å². The molecule has 1 rings (SSSR count). The van der Waals surface area contributed by atoms with Gasteiger partial charge in [-0.2, -0.15) is 11.8 Å². The van der Waals surface area contributed by atoms with E-state index >= 15 is 0 Å². The first-order valence-electron chi connectivity index (χ1n) is 5.70. The third kappa shape index (κ3) is 4.42. The van der Waals surface area contributed by atoms with Crippen molar-refractivity contribution in [2.24, 2.45) is 0 Å². The minimum atomic E-state index is 0.974. The normalized spacial score (nSPS) is 10.4. The van der Waals surface area contributed by atoms with Crippen LogP contribution < -0.4 is 5.32 Å². The van der Waals surface area contributed by atoms with Crippen LogP contribution >= 0.6 is 11.8 Å². The smallest absolute Gasteiger partial charge is 0.0208 e. The van der Waals surface area contributed by atoms with Crippen molar-refractivity contribution >= 4 is 11.8 Å². The molecule has 0 saturated carbocycles. The molecule has 0 bridgehead atoms. The van der Waals surface area contributed by atoms with Crippen LogP contribution in [0, 0.1) is 13.8 Å². The fraction of sp³-hybridized carbons (Fsp3) is 0.429. The van der Waals surface area contributed by atoms with E-state index in [-0.39, 0.29) is 0 Å². The van der Waals surface area contributed by atoms with Crippen LogP contribution in [0.25, 0.3) is 0 Å². The van der Waals surface area contributed by atoms with Crippen molar-refractivity contribution in [1.29, 1.82) is 0 Å². The summed E-state index contributed by atoms with van der Waals surface area (Å²) in [5.74, 6) is 2.20. The highest BCUT2D eigenvalue weighted by Crippen LogP contribution is 2.12. The summed E-state index contributed by atoms with van der Waals surface area (Å²) in [6, 6.07) is 6.50. The lowest BCUT2D eigenvalue weighted by Crippen LogP contribution is -2.17. The highest BCUT2D eigenvalue weighted by molar-refractivity contribution is 7.99. The number of nitrogens with one attached hydrogen (secondary N) is 1. The Kier molecular flexibility index (Phi) is 6.27. The average molecular weight is 235 g/mol. The van der Waals surface area contributed by atoms with E-state index in [1.54, 1.807) is 0 Å². The van der Waals surface area contributed by atoms with Gasteiger partial charge < -0.3 is 5.32 Å². The molecule has 0 aliphatic heterocycles. The first-order chi connectivity index (χ1) is 7.75. The Morgan fingerprint density at radius 3 is 2.94 bits per heavy atom. The van der Waals surface area contributed by atoms with Crippen molar-refractivity contribution in [2.75, 3.05) is 18.1 Å². The molecule has 0 heterocycles. The van der Waals surface area contributed by atoms with Crippen molar-refractivity contribution in [3.63, 3.8) is 0 Å². The number of benzene rings is 1. The van der Waals surface area contributed by atoms with E-state index in [4.69, 9.17) is 0 Å². The molecule has 0 radical (unpaired) electrons. The molecule has 1 aromatic rings. The van der Waals surface area contributed by atoms with Gasteiger partial charge in [0.1, 0.15) is 0 Å². The van der Waals surface area contributed by atoms with Crippen LogP contribution in [0.1, 0.15) is 16.7 Å². The summed E-state index contributed by atoms with van der Waals surface area (Å²) in [5, 5.41) is 3.47. The number of rotatable bonds is 7. The van der Waals surface area contributed by atoms with Gasteiger partial charge in [-0.15, -0.1) is 6.58 Å². The molecule has 1 aromatic carbocycles. The summed E-state index contributed by atoms with van der Waals surface area (Å²) in [7, 11) is 0. The first-order valence-corrected chi connectivity index (χ1v) is 6.85. The Morgan fingerprint density at radius 1 is 1.38 bits per heavy atom. The van der Waals surface area contributed by atoms with Crippen LogP contribution in [0.3, 0.4) is 0 Å². The lowest BCUT2D eigenvalue weighted by atomic mass is 10.0. The van der Waals surface area contributed by atoms with Gasteiger partial charge in [0.05, 0.1) is 0 Å². The second-order valence-corrected chi connectivity index (χ2v) is 5.05. The summed E-state index contributed by atoms with van der Waals surface area (Å²) < 4.78 is 0. The van der Waals surface area contributed by atoms with E-state index in [0.29, 0.717) is 0 Å². The zero-order valence-corrected chi connectivity index (χ0v) is 11.1. The molecule has 0 unspecified atom stereocenters. The number of aryl methyl sites for hydroxylation is 1. The SMILES string of the molecule is C=CCSCCNCc1cccc(C)c1C. The zero-order chi connectivity index (χ0) is 11.8. The van der Waals surface area contributed by atoms with Gasteiger partial charge in [-0.25, -0.2) is 0 Å². The molecule has 88 valence electrons. The van der Waals surface area contributed by atoms with E-state index in [1.165, 1.54) is 16.7 Å². The second kappa shape index (κ2) is 7.53. The standard InChI is InChI=1S/C14H21NS/c1-4-9-16-10-8-15-11-14-7-5-6-12(2)13(14)3/h4-7,15H,1,8-11H2,2-3H3. The zero-order valence-electron chi connectivity index (χ0n) is 10.3. The second-order valence-electron chi connectivity index (χ2n) is 3.90. The van der Waals surface area contributed by atoms with Crippen LogP contribution in [0.4, 0.5) is 0 Å². The summed E-state index contributed by atoms with van der Waals surface area (Å²) in [6.45, 7) is 10.1. The van der Waals surface area contributed by atoms with E-state index in [0.717, 1.165) is 24.6 Å². The Balaban J connectivity index is 2.26. The number of hydrogen-bond acceptors (Lipinski definition) is 2. The molecule has 0 spiro atoms. The van der Waals surface area contributed by atoms with Crippen LogP contribution in [-0.2, 0) is 6.54 Å². The highest BCUT2D eigenvalue weighted by Gasteiger charge is 1.99. The Labute approximate surface area is 103 Å². The molecule has 2 heteroatoms. The van der Waals surface area contributed by atoms with E-state index < -0.39 is 0 Å². The van der Waals surface area contributed by atoms with Gasteiger partial charge in [0.15, 0.2) is 0 Å². The average Bonchev–Trinajstić information content (AvgIpc) is 2.29. The van der Waals surface area contributed by atoms with E-state index in [2.05, 4.69) is 43.9 Å². The molecular formula is C14H21NS. The minimum absolute atomic E-state index is 0.974. The summed E-state index contributed by atoms with van der Waals surface area (Å²) in [4.78, 5) is 0. The minimum Gasteiger partial charge on any atom is -0.312 e. The monoisotopic (exact) mass is 235 g/mol. The van der Waals surface area contributed by atoms with Crippen molar-refractivity contribution in [1.82, 2.24) is 5.32 Å². The molecule has 0 amide bonds. The molecule has 1 nitrogen and oxygen atoms in total. The summed E-state index contributed by atoms with van der Waals surface area (Å²) in [6.07, 6.45) is 1.95. The largest absolute Gasteiger partial charge is 0.312 e. The Hall–Kier alpha value is -0.730. The van der Waals surface area contributed by atoms with Crippen LogP contribution in [0.2, 0.25) is 0 Å². The lowest BCUT2D eigenvalue weighted by Gasteiger charge is -2.09. The molecule has 0 fully saturated rings. The molecule has 0 aromatic heterocycles. The van der Waals surface area contributed by atoms with Gasteiger partial charge in [-0.05, 0) is 30.5 Å². The summed E-state index contributed by atoms with van der Waals surface area (Å²) >= 11 is 1.92. The van der Waals surface area contributed by atoms with Crippen LogP contribution in [0.5, 0.6) is 0 Å². The maximum atomic E-state index is 3.71. The van der Waals surface area contributed by atoms with Gasteiger partial charge >= 0.3 is 0 Å². The molecule has 16 heavy (non-hydrogen) atoms. The maximum absolute atomic E-state index is 3.71. The Morgan fingerprint density at radius 2 is 2.19 bits per heavy atom. The fourth-order valence-electron chi connectivity index (χ4n) is 1.54. The molecular weight excluding hydrogens is 214 g/mol. The third-order valence-corrected chi connectivity index (χ3v) is 3.66. The van der Waals surface area contributed by atoms with Crippen LogP contribution in [0.15, 0.2) is 30.9 Å². The van der Waals surface area contributed by atoms with E-state index in [1.807, 2.05) is 17.8 Å². The lowest BCUT2D eigenvalue weighted by molar-refractivity contribution is 0.728. The van der Waals surface area contributed by atoms with Gasteiger partial charge in [0.25, 0.3) is 0 Å². The molecule has 0 atom stereocenters.